The van der Waals surface area contributed by atoms with Crippen molar-refractivity contribution in [2.75, 3.05) is 5.32 Å². The molecule has 2 aromatic heterocycles. The summed E-state index contributed by atoms with van der Waals surface area (Å²) >= 11 is 0. The van der Waals surface area contributed by atoms with E-state index in [1.54, 1.807) is 6.92 Å². The van der Waals surface area contributed by atoms with Gasteiger partial charge in [-0.1, -0.05) is 38.1 Å². The van der Waals surface area contributed by atoms with Crippen molar-refractivity contribution in [2.45, 2.75) is 53.2 Å². The lowest BCUT2D eigenvalue weighted by Gasteiger charge is -2.14. The second-order valence-corrected chi connectivity index (χ2v) is 8.81. The zero-order valence-electron chi connectivity index (χ0n) is 20.2. The molecule has 0 spiro atoms. The first-order valence-corrected chi connectivity index (χ1v) is 11.5. The summed E-state index contributed by atoms with van der Waals surface area (Å²) < 4.78 is 17.2. The van der Waals surface area contributed by atoms with Crippen LogP contribution in [0.1, 0.15) is 43.5 Å². The van der Waals surface area contributed by atoms with Gasteiger partial charge in [-0.15, -0.1) is 0 Å². The number of aryl methyl sites for hydroxylation is 2. The van der Waals surface area contributed by atoms with Crippen molar-refractivity contribution in [3.8, 4) is 0 Å². The fourth-order valence-corrected chi connectivity index (χ4v) is 4.15. The van der Waals surface area contributed by atoms with E-state index in [0.29, 0.717) is 34.9 Å². The number of hydrogen-bond acceptors (Lipinski definition) is 4. The third kappa shape index (κ3) is 4.80. The highest BCUT2D eigenvalue weighted by atomic mass is 19.1. The van der Waals surface area contributed by atoms with Crippen molar-refractivity contribution in [2.24, 2.45) is 0 Å². The number of fused-ring (bicyclic) bond motifs is 1. The first-order chi connectivity index (χ1) is 16.7. The highest BCUT2D eigenvalue weighted by molar-refractivity contribution is 5.91. The maximum atomic E-state index is 13.5. The summed E-state index contributed by atoms with van der Waals surface area (Å²) in [5.74, 6) is -0.445. The van der Waals surface area contributed by atoms with E-state index in [1.807, 2.05) is 31.2 Å². The van der Waals surface area contributed by atoms with E-state index in [0.717, 1.165) is 10.1 Å². The van der Waals surface area contributed by atoms with E-state index in [9.17, 15) is 18.8 Å². The maximum absolute atomic E-state index is 13.5. The smallest absolute Gasteiger partial charge is 0.325 e. The van der Waals surface area contributed by atoms with Crippen molar-refractivity contribution in [1.82, 2.24) is 18.9 Å². The van der Waals surface area contributed by atoms with E-state index in [-0.39, 0.29) is 18.6 Å². The standard InChI is InChI=1S/C26H28FN5O3/c1-5-32-24-23(17(4)29-32)30(15-22(33)28-21-12-8-19(9-13-21)16(2)3)26(35)31(25(24)34)14-18-6-10-20(27)11-7-18/h6-13,16H,5,14-15H2,1-4H3,(H,28,33). The summed E-state index contributed by atoms with van der Waals surface area (Å²) in [5, 5.41) is 7.23. The number of rotatable bonds is 7. The van der Waals surface area contributed by atoms with E-state index < -0.39 is 23.0 Å². The number of aromatic nitrogens is 4. The van der Waals surface area contributed by atoms with Gasteiger partial charge in [-0.3, -0.25) is 23.4 Å². The molecule has 0 fully saturated rings. The van der Waals surface area contributed by atoms with Crippen LogP contribution in [0.2, 0.25) is 0 Å². The monoisotopic (exact) mass is 477 g/mol. The van der Waals surface area contributed by atoms with Crippen molar-refractivity contribution < 1.29 is 9.18 Å². The normalized spacial score (nSPS) is 11.4. The predicted octanol–water partition coefficient (Wildman–Crippen LogP) is 3.64. The maximum Gasteiger partial charge on any atom is 0.332 e. The lowest BCUT2D eigenvalue weighted by atomic mass is 10.0. The number of nitrogens with zero attached hydrogens (tertiary/aromatic N) is 4. The Bertz CT molecular complexity index is 1500. The minimum absolute atomic E-state index is 0.0554. The van der Waals surface area contributed by atoms with E-state index in [2.05, 4.69) is 24.3 Å². The van der Waals surface area contributed by atoms with Crippen LogP contribution in [0.3, 0.4) is 0 Å². The summed E-state index contributed by atoms with van der Waals surface area (Å²) in [4.78, 5) is 39.8. The van der Waals surface area contributed by atoms with Crippen LogP contribution >= 0.6 is 0 Å². The summed E-state index contributed by atoms with van der Waals surface area (Å²) in [6, 6.07) is 13.1. The molecule has 8 nitrogen and oxygen atoms in total. The number of benzene rings is 2. The van der Waals surface area contributed by atoms with Crippen LogP contribution in [0.5, 0.6) is 0 Å². The largest absolute Gasteiger partial charge is 0.332 e. The minimum Gasteiger partial charge on any atom is -0.325 e. The lowest BCUT2D eigenvalue weighted by molar-refractivity contribution is -0.116. The molecule has 182 valence electrons. The highest BCUT2D eigenvalue weighted by Crippen LogP contribution is 2.18. The van der Waals surface area contributed by atoms with Gasteiger partial charge in [0.05, 0.1) is 12.2 Å². The SMILES string of the molecule is CCn1nc(C)c2c1c(=O)n(Cc1ccc(F)cc1)c(=O)n2CC(=O)Nc1ccc(C(C)C)cc1. The molecule has 0 aliphatic heterocycles. The van der Waals surface area contributed by atoms with Gasteiger partial charge in [-0.05, 0) is 55.2 Å². The molecule has 4 aromatic rings. The Morgan fingerprint density at radius 3 is 2.26 bits per heavy atom. The van der Waals surface area contributed by atoms with E-state index in [1.165, 1.54) is 33.5 Å². The number of carbonyl (C=O) groups excluding carboxylic acids is 1. The third-order valence-corrected chi connectivity index (χ3v) is 5.99. The van der Waals surface area contributed by atoms with Gasteiger partial charge in [0.15, 0.2) is 5.52 Å². The van der Waals surface area contributed by atoms with E-state index in [4.69, 9.17) is 0 Å². The first-order valence-electron chi connectivity index (χ1n) is 11.5. The third-order valence-electron chi connectivity index (χ3n) is 5.99. The molecule has 0 radical (unpaired) electrons. The predicted molar refractivity (Wildman–Crippen MR) is 133 cm³/mol. The van der Waals surface area contributed by atoms with Crippen molar-refractivity contribution in [1.29, 1.82) is 0 Å². The van der Waals surface area contributed by atoms with Crippen molar-refractivity contribution in [3.63, 3.8) is 0 Å². The fraction of sp³-hybridized carbons (Fsp3) is 0.308. The molecule has 0 aliphatic rings. The molecule has 35 heavy (non-hydrogen) atoms. The summed E-state index contributed by atoms with van der Waals surface area (Å²) in [6.07, 6.45) is 0. The van der Waals surface area contributed by atoms with Crippen molar-refractivity contribution in [3.05, 3.63) is 92.0 Å². The molecule has 2 heterocycles. The molecule has 0 saturated carbocycles. The van der Waals surface area contributed by atoms with Gasteiger partial charge >= 0.3 is 5.69 Å². The minimum atomic E-state index is -0.629. The van der Waals surface area contributed by atoms with Crippen LogP contribution in [0.4, 0.5) is 10.1 Å². The number of anilines is 1. The van der Waals surface area contributed by atoms with Gasteiger partial charge in [0.25, 0.3) is 5.56 Å². The Morgan fingerprint density at radius 1 is 1.00 bits per heavy atom. The average Bonchev–Trinajstić information content (AvgIpc) is 3.17. The van der Waals surface area contributed by atoms with Gasteiger partial charge < -0.3 is 5.32 Å². The molecular weight excluding hydrogens is 449 g/mol. The topological polar surface area (TPSA) is 90.9 Å². The van der Waals surface area contributed by atoms with Gasteiger partial charge in [0.2, 0.25) is 5.91 Å². The Labute approximate surface area is 201 Å². The van der Waals surface area contributed by atoms with E-state index >= 15 is 0 Å². The van der Waals surface area contributed by atoms with Gasteiger partial charge in [0, 0.05) is 12.2 Å². The number of nitrogens with one attached hydrogen (secondary N) is 1. The van der Waals surface area contributed by atoms with Crippen LogP contribution in [-0.4, -0.2) is 24.8 Å². The molecule has 2 aromatic carbocycles. The molecule has 4 rings (SSSR count). The zero-order chi connectivity index (χ0) is 25.3. The number of hydrogen-bond donors (Lipinski definition) is 1. The Hall–Kier alpha value is -4.01. The van der Waals surface area contributed by atoms with Crippen LogP contribution in [-0.2, 0) is 24.4 Å². The highest BCUT2D eigenvalue weighted by Gasteiger charge is 2.21. The zero-order valence-corrected chi connectivity index (χ0v) is 20.2. The molecule has 0 unspecified atom stereocenters. The van der Waals surface area contributed by atoms with Gasteiger partial charge in [-0.25, -0.2) is 9.18 Å². The summed E-state index contributed by atoms with van der Waals surface area (Å²) in [7, 11) is 0. The molecule has 0 aliphatic carbocycles. The van der Waals surface area contributed by atoms with Gasteiger partial charge in [-0.2, -0.15) is 5.10 Å². The molecule has 1 amide bonds. The van der Waals surface area contributed by atoms with Crippen LogP contribution < -0.4 is 16.6 Å². The Morgan fingerprint density at radius 2 is 1.66 bits per heavy atom. The average molecular weight is 478 g/mol. The molecule has 0 bridgehead atoms. The van der Waals surface area contributed by atoms with Crippen molar-refractivity contribution >= 4 is 22.6 Å². The molecule has 0 saturated heterocycles. The van der Waals surface area contributed by atoms with Crippen LogP contribution in [0.15, 0.2) is 58.1 Å². The molecule has 9 heteroatoms. The second-order valence-electron chi connectivity index (χ2n) is 8.81. The van der Waals surface area contributed by atoms with Gasteiger partial charge in [0.1, 0.15) is 17.9 Å². The fourth-order valence-electron chi connectivity index (χ4n) is 4.15. The molecule has 1 N–H and O–H groups in total. The van der Waals surface area contributed by atoms with Crippen LogP contribution in [0, 0.1) is 12.7 Å². The number of carbonyl (C=O) groups is 1. The second kappa shape index (κ2) is 9.69. The van der Waals surface area contributed by atoms with Crippen LogP contribution in [0.25, 0.3) is 11.0 Å². The Balaban J connectivity index is 1.76. The summed E-state index contributed by atoms with van der Waals surface area (Å²) in [5.41, 5.74) is 2.29. The molecular formula is C26H28FN5O3. The lowest BCUT2D eigenvalue weighted by Crippen LogP contribution is -2.42. The summed E-state index contributed by atoms with van der Waals surface area (Å²) in [6.45, 7) is 7.80. The number of amides is 1. The molecule has 0 atom stereocenters. The number of halogens is 1. The Kier molecular flexibility index (Phi) is 6.68. The first kappa shape index (κ1) is 24.1. The quantitative estimate of drug-likeness (QED) is 0.440.